The Bertz CT molecular complexity index is 358. The fraction of sp³-hybridized carbons (Fsp3) is 0.200. The van der Waals surface area contributed by atoms with Crippen molar-refractivity contribution in [3.05, 3.63) is 29.8 Å². The zero-order chi connectivity index (χ0) is 11.3. The fourth-order valence-electron chi connectivity index (χ4n) is 0.934. The minimum Gasteiger partial charge on any atom is -0.481 e. The number of carboxylic acid groups (broad SMARTS) is 1. The van der Waals surface area contributed by atoms with Crippen molar-refractivity contribution in [1.29, 1.82) is 0 Å². The molecule has 0 fully saturated rings. The molecule has 0 aliphatic rings. The molecule has 1 rings (SSSR count). The van der Waals surface area contributed by atoms with Crippen LogP contribution in [0.2, 0.25) is 0 Å². The van der Waals surface area contributed by atoms with Gasteiger partial charge < -0.3 is 15.6 Å². The standard InChI is InChI=1S/C10H11NO4/c11-8-3-1-7(2-4-8)10(14)15-6-5-9(12)13/h1-4H,5-6,11H2,(H,12,13). The Morgan fingerprint density at radius 2 is 1.87 bits per heavy atom. The van der Waals surface area contributed by atoms with Crippen LogP contribution in [-0.4, -0.2) is 23.7 Å². The Hall–Kier alpha value is -2.04. The molecule has 0 aliphatic heterocycles. The number of ether oxygens (including phenoxy) is 1. The number of esters is 1. The van der Waals surface area contributed by atoms with Gasteiger partial charge in [-0.25, -0.2) is 4.79 Å². The largest absolute Gasteiger partial charge is 0.481 e. The number of carbonyl (C=O) groups excluding carboxylic acids is 1. The molecule has 5 nitrogen and oxygen atoms in total. The summed E-state index contributed by atoms with van der Waals surface area (Å²) < 4.78 is 4.72. The van der Waals surface area contributed by atoms with Gasteiger partial charge in [-0.3, -0.25) is 4.79 Å². The van der Waals surface area contributed by atoms with Crippen molar-refractivity contribution < 1.29 is 19.4 Å². The van der Waals surface area contributed by atoms with Gasteiger partial charge in [-0.1, -0.05) is 0 Å². The first-order chi connectivity index (χ1) is 7.09. The first kappa shape index (κ1) is 11.0. The number of carboxylic acids is 1. The molecule has 0 amide bonds. The zero-order valence-corrected chi connectivity index (χ0v) is 7.97. The first-order valence-electron chi connectivity index (χ1n) is 4.34. The van der Waals surface area contributed by atoms with Crippen molar-refractivity contribution in [3.63, 3.8) is 0 Å². The highest BCUT2D eigenvalue weighted by atomic mass is 16.5. The molecular weight excluding hydrogens is 198 g/mol. The van der Waals surface area contributed by atoms with Gasteiger partial charge in [0.25, 0.3) is 0 Å². The van der Waals surface area contributed by atoms with Crippen molar-refractivity contribution in [2.75, 3.05) is 12.3 Å². The van der Waals surface area contributed by atoms with Crippen molar-refractivity contribution in [3.8, 4) is 0 Å². The third-order valence-corrected chi connectivity index (χ3v) is 1.70. The summed E-state index contributed by atoms with van der Waals surface area (Å²) in [5, 5.41) is 8.33. The lowest BCUT2D eigenvalue weighted by Crippen LogP contribution is -2.09. The summed E-state index contributed by atoms with van der Waals surface area (Å²) in [4.78, 5) is 21.4. The van der Waals surface area contributed by atoms with E-state index < -0.39 is 11.9 Å². The number of benzene rings is 1. The lowest BCUT2D eigenvalue weighted by molar-refractivity contribution is -0.137. The predicted octanol–water partition coefficient (Wildman–Crippen LogP) is 0.900. The van der Waals surface area contributed by atoms with E-state index in [0.717, 1.165) is 0 Å². The summed E-state index contributed by atoms with van der Waals surface area (Å²) >= 11 is 0. The van der Waals surface area contributed by atoms with Gasteiger partial charge in [0.05, 0.1) is 12.0 Å². The van der Waals surface area contributed by atoms with Gasteiger partial charge >= 0.3 is 11.9 Å². The Morgan fingerprint density at radius 1 is 1.27 bits per heavy atom. The second-order valence-electron chi connectivity index (χ2n) is 2.90. The Labute approximate surface area is 86.5 Å². The van der Waals surface area contributed by atoms with Gasteiger partial charge in [0.2, 0.25) is 0 Å². The van der Waals surface area contributed by atoms with Crippen LogP contribution in [0.15, 0.2) is 24.3 Å². The number of anilines is 1. The average Bonchev–Trinajstić information content (AvgIpc) is 2.18. The summed E-state index contributed by atoms with van der Waals surface area (Å²) in [5.74, 6) is -1.55. The maximum atomic E-state index is 11.3. The molecule has 0 aliphatic carbocycles. The van der Waals surface area contributed by atoms with Crippen LogP contribution in [-0.2, 0) is 9.53 Å². The molecule has 0 aromatic heterocycles. The monoisotopic (exact) mass is 209 g/mol. The van der Waals surface area contributed by atoms with E-state index in [9.17, 15) is 9.59 Å². The number of carbonyl (C=O) groups is 2. The lowest BCUT2D eigenvalue weighted by Gasteiger charge is -2.02. The molecule has 0 atom stereocenters. The highest BCUT2D eigenvalue weighted by molar-refractivity contribution is 5.89. The molecule has 0 radical (unpaired) electrons. The third kappa shape index (κ3) is 3.68. The van der Waals surface area contributed by atoms with Gasteiger partial charge in [-0.05, 0) is 24.3 Å². The van der Waals surface area contributed by atoms with Crippen LogP contribution in [0.3, 0.4) is 0 Å². The number of nitrogen functional groups attached to an aromatic ring is 1. The molecule has 80 valence electrons. The maximum Gasteiger partial charge on any atom is 0.338 e. The van der Waals surface area contributed by atoms with E-state index in [4.69, 9.17) is 15.6 Å². The van der Waals surface area contributed by atoms with Gasteiger partial charge in [0.15, 0.2) is 0 Å². The quantitative estimate of drug-likeness (QED) is 0.568. The minimum atomic E-state index is -1.000. The molecular formula is C10H11NO4. The number of hydrogen-bond donors (Lipinski definition) is 2. The summed E-state index contributed by atoms with van der Waals surface area (Å²) in [6.45, 7) is -0.126. The van der Waals surface area contributed by atoms with Gasteiger partial charge in [0.1, 0.15) is 6.61 Å². The second kappa shape index (κ2) is 4.99. The van der Waals surface area contributed by atoms with E-state index in [-0.39, 0.29) is 13.0 Å². The van der Waals surface area contributed by atoms with Crippen LogP contribution in [0.25, 0.3) is 0 Å². The van der Waals surface area contributed by atoms with E-state index in [2.05, 4.69) is 0 Å². The summed E-state index contributed by atoms with van der Waals surface area (Å²) in [6.07, 6.45) is -0.194. The number of hydrogen-bond acceptors (Lipinski definition) is 4. The van der Waals surface area contributed by atoms with Crippen molar-refractivity contribution in [2.45, 2.75) is 6.42 Å². The minimum absolute atomic E-state index is 0.126. The molecule has 0 spiro atoms. The van der Waals surface area contributed by atoms with E-state index in [1.807, 2.05) is 0 Å². The number of rotatable bonds is 4. The summed E-state index contributed by atoms with van der Waals surface area (Å²) in [5.41, 5.74) is 6.35. The van der Waals surface area contributed by atoms with Crippen LogP contribution >= 0.6 is 0 Å². The number of nitrogens with two attached hydrogens (primary N) is 1. The average molecular weight is 209 g/mol. The molecule has 0 saturated carbocycles. The molecule has 1 aromatic rings. The van der Waals surface area contributed by atoms with Crippen molar-refractivity contribution >= 4 is 17.6 Å². The highest BCUT2D eigenvalue weighted by Gasteiger charge is 2.07. The molecule has 3 N–H and O–H groups in total. The molecule has 1 aromatic carbocycles. The lowest BCUT2D eigenvalue weighted by atomic mass is 10.2. The van der Waals surface area contributed by atoms with Crippen LogP contribution in [0.4, 0.5) is 5.69 Å². The maximum absolute atomic E-state index is 11.3. The van der Waals surface area contributed by atoms with Gasteiger partial charge in [-0.2, -0.15) is 0 Å². The van der Waals surface area contributed by atoms with Gasteiger partial charge in [0, 0.05) is 5.69 Å². The summed E-state index contributed by atoms with van der Waals surface area (Å²) in [7, 11) is 0. The summed E-state index contributed by atoms with van der Waals surface area (Å²) in [6, 6.07) is 6.21. The predicted molar refractivity (Wildman–Crippen MR) is 53.4 cm³/mol. The second-order valence-corrected chi connectivity index (χ2v) is 2.90. The fourth-order valence-corrected chi connectivity index (χ4v) is 0.934. The molecule has 0 heterocycles. The molecule has 0 bridgehead atoms. The van der Waals surface area contributed by atoms with E-state index in [1.54, 1.807) is 12.1 Å². The Kier molecular flexibility index (Phi) is 3.68. The molecule has 0 unspecified atom stereocenters. The highest BCUT2D eigenvalue weighted by Crippen LogP contribution is 2.06. The molecule has 0 saturated heterocycles. The first-order valence-corrected chi connectivity index (χ1v) is 4.34. The topological polar surface area (TPSA) is 89.6 Å². The molecule has 15 heavy (non-hydrogen) atoms. The Morgan fingerprint density at radius 3 is 2.40 bits per heavy atom. The van der Waals surface area contributed by atoms with Crippen LogP contribution in [0.1, 0.15) is 16.8 Å². The van der Waals surface area contributed by atoms with Gasteiger partial charge in [-0.15, -0.1) is 0 Å². The van der Waals surface area contributed by atoms with Crippen LogP contribution in [0, 0.1) is 0 Å². The van der Waals surface area contributed by atoms with Crippen molar-refractivity contribution in [1.82, 2.24) is 0 Å². The Balaban J connectivity index is 2.47. The normalized spacial score (nSPS) is 9.60. The molecule has 5 heteroatoms. The smallest absolute Gasteiger partial charge is 0.338 e. The van der Waals surface area contributed by atoms with E-state index in [1.165, 1.54) is 12.1 Å². The van der Waals surface area contributed by atoms with E-state index in [0.29, 0.717) is 11.3 Å². The van der Waals surface area contributed by atoms with Crippen LogP contribution < -0.4 is 5.73 Å². The third-order valence-electron chi connectivity index (χ3n) is 1.70. The van der Waals surface area contributed by atoms with Crippen molar-refractivity contribution in [2.24, 2.45) is 0 Å². The van der Waals surface area contributed by atoms with Crippen LogP contribution in [0.5, 0.6) is 0 Å². The number of aliphatic carboxylic acids is 1. The zero-order valence-electron chi connectivity index (χ0n) is 7.97. The van der Waals surface area contributed by atoms with E-state index >= 15 is 0 Å². The SMILES string of the molecule is Nc1ccc(C(=O)OCCC(=O)O)cc1.